The maximum Gasteiger partial charge on any atom is 0.191 e. The Labute approximate surface area is 186 Å². The number of aliphatic hydroxyl groups excluding tert-OH is 1. The van der Waals surface area contributed by atoms with E-state index in [0.29, 0.717) is 24.3 Å². The highest BCUT2D eigenvalue weighted by molar-refractivity contribution is 14.0. The van der Waals surface area contributed by atoms with Crippen LogP contribution in [0.25, 0.3) is 0 Å². The van der Waals surface area contributed by atoms with Crippen molar-refractivity contribution in [3.63, 3.8) is 0 Å². The van der Waals surface area contributed by atoms with Gasteiger partial charge in [-0.15, -0.1) is 24.0 Å². The van der Waals surface area contributed by atoms with E-state index in [2.05, 4.69) is 29.4 Å². The molecule has 0 bridgehead atoms. The second-order valence-corrected chi connectivity index (χ2v) is 6.92. The first kappa shape index (κ1) is 25.2. The topological polar surface area (TPSA) is 82.3 Å². The highest BCUT2D eigenvalue weighted by atomic mass is 127. The SMILES string of the molecule is CCNC(=NCC(C(CC)CC)N1CCOCC1)NCC(O)c1ccco1.I. The molecule has 2 atom stereocenters. The number of morpholine rings is 1. The molecule has 1 saturated heterocycles. The molecule has 162 valence electrons. The fraction of sp³-hybridized carbons (Fsp3) is 0.750. The van der Waals surface area contributed by atoms with E-state index in [1.54, 1.807) is 18.4 Å². The number of furan rings is 1. The number of aliphatic imine (C=N–C) groups is 1. The summed E-state index contributed by atoms with van der Waals surface area (Å²) in [6, 6.07) is 3.97. The Balaban J connectivity index is 0.00000392. The molecule has 1 aliphatic rings. The average molecular weight is 508 g/mol. The average Bonchev–Trinajstić information content (AvgIpc) is 3.24. The zero-order chi connectivity index (χ0) is 19.5. The van der Waals surface area contributed by atoms with Crippen molar-refractivity contribution in [2.75, 3.05) is 45.9 Å². The molecule has 0 amide bonds. The first-order chi connectivity index (χ1) is 13.2. The van der Waals surface area contributed by atoms with E-state index in [4.69, 9.17) is 14.1 Å². The number of hydrogen-bond donors (Lipinski definition) is 3. The lowest BCUT2D eigenvalue weighted by molar-refractivity contribution is 0.00394. The zero-order valence-electron chi connectivity index (χ0n) is 17.4. The first-order valence-electron chi connectivity index (χ1n) is 10.2. The van der Waals surface area contributed by atoms with E-state index in [1.807, 2.05) is 6.92 Å². The molecule has 1 aromatic heterocycles. The molecule has 0 aliphatic carbocycles. The molecule has 28 heavy (non-hydrogen) atoms. The van der Waals surface area contributed by atoms with Crippen LogP contribution < -0.4 is 10.6 Å². The Bertz CT molecular complexity index is 532. The minimum atomic E-state index is -0.696. The summed E-state index contributed by atoms with van der Waals surface area (Å²) < 4.78 is 10.8. The van der Waals surface area contributed by atoms with Gasteiger partial charge in [-0.05, 0) is 25.0 Å². The molecule has 8 heteroatoms. The molecule has 1 aliphatic heterocycles. The quantitative estimate of drug-likeness (QED) is 0.256. The van der Waals surface area contributed by atoms with Crippen LogP contribution in [-0.2, 0) is 4.74 Å². The Morgan fingerprint density at radius 3 is 2.50 bits per heavy atom. The van der Waals surface area contributed by atoms with Gasteiger partial charge in [-0.1, -0.05) is 26.7 Å². The standard InChI is InChI=1S/C20H36N4O3.HI/c1-4-16(5-2)17(24-9-12-26-13-10-24)14-22-20(21-6-3)23-15-18(25)19-8-7-11-27-19;/h7-8,11,16-18,25H,4-6,9-10,12-15H2,1-3H3,(H2,21,22,23);1H. The van der Waals surface area contributed by atoms with Gasteiger partial charge in [-0.3, -0.25) is 9.89 Å². The smallest absolute Gasteiger partial charge is 0.191 e. The minimum Gasteiger partial charge on any atom is -0.467 e. The predicted molar refractivity (Wildman–Crippen MR) is 123 cm³/mol. The molecular formula is C20H37IN4O3. The fourth-order valence-electron chi connectivity index (χ4n) is 3.61. The largest absolute Gasteiger partial charge is 0.467 e. The first-order valence-corrected chi connectivity index (χ1v) is 10.2. The highest BCUT2D eigenvalue weighted by Crippen LogP contribution is 2.20. The van der Waals surface area contributed by atoms with Gasteiger partial charge in [0, 0.05) is 25.7 Å². The normalized spacial score (nSPS) is 17.8. The molecule has 2 unspecified atom stereocenters. The summed E-state index contributed by atoms with van der Waals surface area (Å²) in [5.41, 5.74) is 0. The van der Waals surface area contributed by atoms with Crippen LogP contribution in [0.4, 0.5) is 0 Å². The molecule has 0 spiro atoms. The molecular weight excluding hydrogens is 471 g/mol. The van der Waals surface area contributed by atoms with Gasteiger partial charge in [-0.2, -0.15) is 0 Å². The van der Waals surface area contributed by atoms with Gasteiger partial charge in [0.25, 0.3) is 0 Å². The number of rotatable bonds is 10. The van der Waals surface area contributed by atoms with Crippen LogP contribution in [0.5, 0.6) is 0 Å². The molecule has 0 radical (unpaired) electrons. The van der Waals surface area contributed by atoms with Crippen LogP contribution in [0, 0.1) is 5.92 Å². The van der Waals surface area contributed by atoms with Crippen molar-refractivity contribution in [2.24, 2.45) is 10.9 Å². The van der Waals surface area contributed by atoms with Gasteiger partial charge in [-0.25, -0.2) is 0 Å². The van der Waals surface area contributed by atoms with Crippen LogP contribution in [-0.4, -0.2) is 67.9 Å². The monoisotopic (exact) mass is 508 g/mol. The van der Waals surface area contributed by atoms with Crippen molar-refractivity contribution >= 4 is 29.9 Å². The number of guanidine groups is 1. The van der Waals surface area contributed by atoms with Crippen LogP contribution in [0.2, 0.25) is 0 Å². The molecule has 2 heterocycles. The van der Waals surface area contributed by atoms with Crippen LogP contribution in [0.1, 0.15) is 45.5 Å². The molecule has 1 fully saturated rings. The second kappa shape index (κ2) is 14.2. The van der Waals surface area contributed by atoms with Crippen molar-refractivity contribution in [1.82, 2.24) is 15.5 Å². The van der Waals surface area contributed by atoms with E-state index in [1.165, 1.54) is 0 Å². The number of ether oxygens (including phenoxy) is 1. The van der Waals surface area contributed by atoms with Gasteiger partial charge >= 0.3 is 0 Å². The van der Waals surface area contributed by atoms with Crippen LogP contribution >= 0.6 is 24.0 Å². The van der Waals surface area contributed by atoms with Crippen LogP contribution in [0.3, 0.4) is 0 Å². The molecule has 3 N–H and O–H groups in total. The number of nitrogens with zero attached hydrogens (tertiary/aromatic N) is 2. The third kappa shape index (κ3) is 7.88. The molecule has 2 rings (SSSR count). The lowest BCUT2D eigenvalue weighted by Crippen LogP contribution is -2.49. The lowest BCUT2D eigenvalue weighted by Gasteiger charge is -2.38. The molecule has 0 aromatic carbocycles. The maximum absolute atomic E-state index is 10.2. The highest BCUT2D eigenvalue weighted by Gasteiger charge is 2.26. The number of hydrogen-bond acceptors (Lipinski definition) is 5. The summed E-state index contributed by atoms with van der Waals surface area (Å²) in [6.45, 7) is 12.0. The summed E-state index contributed by atoms with van der Waals surface area (Å²) in [6.07, 6.45) is 3.17. The Morgan fingerprint density at radius 2 is 1.93 bits per heavy atom. The summed E-state index contributed by atoms with van der Waals surface area (Å²) in [5.74, 6) is 1.90. The van der Waals surface area contributed by atoms with Crippen molar-refractivity contribution < 1.29 is 14.3 Å². The van der Waals surface area contributed by atoms with Gasteiger partial charge < -0.3 is 24.9 Å². The van der Waals surface area contributed by atoms with Crippen molar-refractivity contribution in [3.05, 3.63) is 24.2 Å². The third-order valence-corrected chi connectivity index (χ3v) is 5.22. The Hall–Kier alpha value is -0.840. The van der Waals surface area contributed by atoms with E-state index in [9.17, 15) is 5.11 Å². The minimum absolute atomic E-state index is 0. The van der Waals surface area contributed by atoms with Gasteiger partial charge in [0.15, 0.2) is 5.96 Å². The maximum atomic E-state index is 10.2. The van der Waals surface area contributed by atoms with E-state index in [0.717, 1.165) is 58.2 Å². The number of nitrogens with one attached hydrogen (secondary N) is 2. The molecule has 1 aromatic rings. The second-order valence-electron chi connectivity index (χ2n) is 6.92. The van der Waals surface area contributed by atoms with Crippen LogP contribution in [0.15, 0.2) is 27.8 Å². The Kier molecular flexibility index (Phi) is 12.8. The van der Waals surface area contributed by atoms with Gasteiger partial charge in [0.2, 0.25) is 0 Å². The number of halogens is 1. The van der Waals surface area contributed by atoms with Crippen molar-refractivity contribution in [3.8, 4) is 0 Å². The molecule has 0 saturated carbocycles. The summed E-state index contributed by atoms with van der Waals surface area (Å²) >= 11 is 0. The summed E-state index contributed by atoms with van der Waals surface area (Å²) in [7, 11) is 0. The van der Waals surface area contributed by atoms with Crippen molar-refractivity contribution in [1.29, 1.82) is 0 Å². The van der Waals surface area contributed by atoms with E-state index < -0.39 is 6.10 Å². The van der Waals surface area contributed by atoms with Gasteiger partial charge in [0.1, 0.15) is 11.9 Å². The number of aliphatic hydroxyl groups is 1. The van der Waals surface area contributed by atoms with E-state index >= 15 is 0 Å². The van der Waals surface area contributed by atoms with E-state index in [-0.39, 0.29) is 24.0 Å². The molecule has 7 nitrogen and oxygen atoms in total. The fourth-order valence-corrected chi connectivity index (χ4v) is 3.61. The van der Waals surface area contributed by atoms with Gasteiger partial charge in [0.05, 0.1) is 32.6 Å². The predicted octanol–water partition coefficient (Wildman–Crippen LogP) is 2.62. The lowest BCUT2D eigenvalue weighted by atomic mass is 9.92. The summed E-state index contributed by atoms with van der Waals surface area (Å²) in [4.78, 5) is 7.35. The third-order valence-electron chi connectivity index (χ3n) is 5.22. The zero-order valence-corrected chi connectivity index (χ0v) is 19.7. The Morgan fingerprint density at radius 1 is 1.21 bits per heavy atom. The summed E-state index contributed by atoms with van der Waals surface area (Å²) in [5, 5.41) is 16.7. The van der Waals surface area contributed by atoms with Crippen molar-refractivity contribution in [2.45, 2.75) is 45.8 Å².